The first-order chi connectivity index (χ1) is 15.1. The van der Waals surface area contributed by atoms with E-state index in [1.807, 2.05) is 0 Å². The maximum absolute atomic E-state index is 14.7. The van der Waals surface area contributed by atoms with E-state index < -0.39 is 27.8 Å². The summed E-state index contributed by atoms with van der Waals surface area (Å²) >= 11 is 7.12. The number of nitrogens with one attached hydrogen (secondary N) is 1. The molecule has 0 fully saturated rings. The summed E-state index contributed by atoms with van der Waals surface area (Å²) in [6, 6.07) is 6.69. The van der Waals surface area contributed by atoms with E-state index in [2.05, 4.69) is 4.72 Å². The number of halogens is 2. The molecule has 3 rings (SSSR count). The first-order valence-electron chi connectivity index (χ1n) is 9.39. The Balaban J connectivity index is 1.67. The number of carbonyl (C=O) groups is 3. The van der Waals surface area contributed by atoms with Crippen molar-refractivity contribution >= 4 is 57.4 Å². The van der Waals surface area contributed by atoms with Gasteiger partial charge in [0, 0.05) is 11.4 Å². The minimum Gasteiger partial charge on any atom is -0.300 e. The Labute approximate surface area is 193 Å². The molecule has 0 saturated carbocycles. The molecule has 1 aliphatic rings. The second-order valence-corrected chi connectivity index (χ2v) is 10.6. The van der Waals surface area contributed by atoms with E-state index in [1.54, 1.807) is 19.1 Å². The highest BCUT2D eigenvalue weighted by atomic mass is 35.5. The second kappa shape index (κ2) is 9.80. The van der Waals surface area contributed by atoms with Crippen LogP contribution in [-0.4, -0.2) is 44.3 Å². The highest BCUT2D eigenvalue weighted by Crippen LogP contribution is 2.28. The minimum atomic E-state index is -3.80. The van der Waals surface area contributed by atoms with Gasteiger partial charge < -0.3 is 4.90 Å². The zero-order valence-corrected chi connectivity index (χ0v) is 19.2. The lowest BCUT2D eigenvalue weighted by molar-refractivity contribution is -0.131. The molecular weight excluding hydrogens is 481 g/mol. The van der Waals surface area contributed by atoms with Crippen LogP contribution in [0, 0.1) is 5.82 Å². The van der Waals surface area contributed by atoms with E-state index in [-0.39, 0.29) is 30.1 Å². The van der Waals surface area contributed by atoms with Crippen molar-refractivity contribution in [3.8, 4) is 0 Å². The monoisotopic (exact) mass is 499 g/mol. The van der Waals surface area contributed by atoms with Gasteiger partial charge in [-0.3, -0.25) is 24.0 Å². The molecule has 12 heteroatoms. The van der Waals surface area contributed by atoms with Gasteiger partial charge in [-0.2, -0.15) is 0 Å². The molecule has 1 aromatic carbocycles. The van der Waals surface area contributed by atoms with Gasteiger partial charge in [0.2, 0.25) is 22.8 Å². The van der Waals surface area contributed by atoms with Crippen molar-refractivity contribution < 1.29 is 27.2 Å². The summed E-state index contributed by atoms with van der Waals surface area (Å²) < 4.78 is 42.3. The molecular formula is C20H19ClFN3O5S2. The van der Waals surface area contributed by atoms with Crippen molar-refractivity contribution in [1.82, 2.24) is 9.62 Å². The first kappa shape index (κ1) is 23.9. The maximum atomic E-state index is 14.7. The van der Waals surface area contributed by atoms with Gasteiger partial charge in [0.05, 0.1) is 21.8 Å². The number of hydrogen-bond acceptors (Lipinski definition) is 6. The number of anilines is 1. The number of rotatable bonds is 10. The molecule has 1 aliphatic heterocycles. The summed E-state index contributed by atoms with van der Waals surface area (Å²) in [6.45, 7) is 1.54. The van der Waals surface area contributed by atoms with Crippen LogP contribution in [0.25, 0.3) is 0 Å². The van der Waals surface area contributed by atoms with Gasteiger partial charge in [0.1, 0.15) is 11.5 Å². The van der Waals surface area contributed by atoms with E-state index in [0.717, 1.165) is 20.7 Å². The number of aryl methyl sites for hydroxylation is 1. The largest absolute Gasteiger partial charge is 0.300 e. The molecule has 8 nitrogen and oxygen atoms in total. The summed E-state index contributed by atoms with van der Waals surface area (Å²) in [4.78, 5) is 37.2. The molecule has 0 bridgehead atoms. The number of hydrogen-bond donors (Lipinski definition) is 1. The van der Waals surface area contributed by atoms with Gasteiger partial charge in [-0.15, -0.1) is 11.3 Å². The van der Waals surface area contributed by atoms with Crippen molar-refractivity contribution in [2.75, 3.05) is 17.2 Å². The number of sulfonamides is 1. The van der Waals surface area contributed by atoms with Crippen LogP contribution >= 0.6 is 22.9 Å². The van der Waals surface area contributed by atoms with Crippen LogP contribution in [0.5, 0.6) is 0 Å². The van der Waals surface area contributed by atoms with Crippen molar-refractivity contribution in [1.29, 1.82) is 0 Å². The van der Waals surface area contributed by atoms with Gasteiger partial charge in [-0.05, 0) is 49.2 Å². The fourth-order valence-electron chi connectivity index (χ4n) is 3.11. The fourth-order valence-corrected chi connectivity index (χ4v) is 5.43. The van der Waals surface area contributed by atoms with E-state index in [1.165, 1.54) is 29.5 Å². The van der Waals surface area contributed by atoms with E-state index in [9.17, 15) is 27.2 Å². The summed E-state index contributed by atoms with van der Waals surface area (Å²) in [6.07, 6.45) is 2.29. The third-order valence-electron chi connectivity index (χ3n) is 4.90. The molecule has 0 aliphatic carbocycles. The first-order valence-corrected chi connectivity index (χ1v) is 12.2. The van der Waals surface area contributed by atoms with Crippen LogP contribution in [0.3, 0.4) is 0 Å². The number of benzene rings is 1. The van der Waals surface area contributed by atoms with E-state index in [4.69, 9.17) is 11.6 Å². The van der Waals surface area contributed by atoms with Crippen molar-refractivity contribution in [2.24, 2.45) is 0 Å². The van der Waals surface area contributed by atoms with Crippen molar-refractivity contribution in [3.63, 3.8) is 0 Å². The number of amides is 3. The Hall–Kier alpha value is -2.76. The second-order valence-electron chi connectivity index (χ2n) is 6.96. The molecule has 0 saturated heterocycles. The number of imide groups is 1. The molecule has 2 aromatic rings. The van der Waals surface area contributed by atoms with Crippen molar-refractivity contribution in [2.45, 2.75) is 19.4 Å². The Morgan fingerprint density at radius 1 is 1.28 bits per heavy atom. The quantitative estimate of drug-likeness (QED) is 0.506. The molecule has 1 unspecified atom stereocenters. The van der Waals surface area contributed by atoms with E-state index >= 15 is 0 Å². The van der Waals surface area contributed by atoms with Crippen molar-refractivity contribution in [3.05, 3.63) is 62.7 Å². The average Bonchev–Trinajstić information content (AvgIpc) is 3.33. The molecule has 3 amide bonds. The molecule has 0 spiro atoms. The predicted molar refractivity (Wildman–Crippen MR) is 119 cm³/mol. The third kappa shape index (κ3) is 5.34. The SMILES string of the molecule is CC(c1ccc(N2CC=C(NS(=O)(=O)CCc3ccc(Cl)s3)C2=O)c(F)c1)N(C=O)C=O. The Morgan fingerprint density at radius 2 is 2.00 bits per heavy atom. The van der Waals surface area contributed by atoms with Crippen LogP contribution in [0.1, 0.15) is 23.4 Å². The van der Waals surface area contributed by atoms with Gasteiger partial charge in [-0.1, -0.05) is 17.7 Å². The summed E-state index contributed by atoms with van der Waals surface area (Å²) in [5.74, 6) is -1.67. The topological polar surface area (TPSA) is 104 Å². The summed E-state index contributed by atoms with van der Waals surface area (Å²) in [7, 11) is -3.80. The lowest BCUT2D eigenvalue weighted by Gasteiger charge is -2.22. The normalized spacial score (nSPS) is 14.8. The van der Waals surface area contributed by atoms with E-state index in [0.29, 0.717) is 22.7 Å². The molecule has 0 radical (unpaired) electrons. The zero-order chi connectivity index (χ0) is 23.5. The maximum Gasteiger partial charge on any atom is 0.275 e. The highest BCUT2D eigenvalue weighted by molar-refractivity contribution is 7.89. The molecule has 170 valence electrons. The van der Waals surface area contributed by atoms with Crippen LogP contribution in [0.2, 0.25) is 4.34 Å². The zero-order valence-electron chi connectivity index (χ0n) is 16.8. The minimum absolute atomic E-state index is 0.0160. The standard InChI is InChI=1S/C20H19ClFN3O5S2/c1-13(24(11-26)12-27)14-2-4-18(16(22)10-14)25-8-6-17(20(25)28)23-32(29,30)9-7-15-3-5-19(21)31-15/h2-6,10-13,23H,7-9H2,1H3. The van der Waals surface area contributed by atoms with Gasteiger partial charge >= 0.3 is 0 Å². The average molecular weight is 500 g/mol. The number of nitrogens with zero attached hydrogens (tertiary/aromatic N) is 2. The lowest BCUT2D eigenvalue weighted by Crippen LogP contribution is -2.35. The molecule has 1 aromatic heterocycles. The molecule has 2 heterocycles. The number of thiophene rings is 1. The number of carbonyl (C=O) groups excluding carboxylic acids is 3. The molecule has 32 heavy (non-hydrogen) atoms. The van der Waals surface area contributed by atoms with Gasteiger partial charge in [-0.25, -0.2) is 12.8 Å². The Kier molecular flexibility index (Phi) is 7.32. The van der Waals surface area contributed by atoms with Crippen LogP contribution < -0.4 is 9.62 Å². The summed E-state index contributed by atoms with van der Waals surface area (Å²) in [5, 5.41) is 0. The predicted octanol–water partition coefficient (Wildman–Crippen LogP) is 2.61. The Morgan fingerprint density at radius 3 is 2.59 bits per heavy atom. The smallest absolute Gasteiger partial charge is 0.275 e. The van der Waals surface area contributed by atoms with Crippen LogP contribution in [0.15, 0.2) is 42.1 Å². The third-order valence-corrected chi connectivity index (χ3v) is 7.46. The fraction of sp³-hybridized carbons (Fsp3) is 0.250. The highest BCUT2D eigenvalue weighted by Gasteiger charge is 2.30. The van der Waals surface area contributed by atoms with Crippen LogP contribution in [0.4, 0.5) is 10.1 Å². The van der Waals surface area contributed by atoms with Gasteiger partial charge in [0.15, 0.2) is 0 Å². The van der Waals surface area contributed by atoms with Crippen LogP contribution in [-0.2, 0) is 30.8 Å². The molecule has 1 N–H and O–H groups in total. The summed E-state index contributed by atoms with van der Waals surface area (Å²) in [5.41, 5.74) is 0.159. The Bertz CT molecular complexity index is 1170. The molecule has 1 atom stereocenters. The van der Waals surface area contributed by atoms with Gasteiger partial charge in [0.25, 0.3) is 5.91 Å². The lowest BCUT2D eigenvalue weighted by atomic mass is 10.1.